The lowest BCUT2D eigenvalue weighted by atomic mass is 9.96. The Kier molecular flexibility index (Phi) is 6.35. The zero-order valence-corrected chi connectivity index (χ0v) is 23.8. The smallest absolute Gasteiger partial charge is 0.118 e. The summed E-state index contributed by atoms with van der Waals surface area (Å²) in [5, 5.41) is 2.58. The first kappa shape index (κ1) is 24.6. The fourth-order valence-corrected chi connectivity index (χ4v) is 7.86. The summed E-state index contributed by atoms with van der Waals surface area (Å²) in [4.78, 5) is 2.55. The van der Waals surface area contributed by atoms with Crippen LogP contribution in [0.3, 0.4) is 0 Å². The second-order valence-corrected chi connectivity index (χ2v) is 11.8. The molecular weight excluding hydrogens is 529 g/mol. The summed E-state index contributed by atoms with van der Waals surface area (Å²) in [7, 11) is 3.42. The lowest BCUT2D eigenvalue weighted by Crippen LogP contribution is -1.83. The summed E-state index contributed by atoms with van der Waals surface area (Å²) < 4.78 is 13.4. The predicted molar refractivity (Wildman–Crippen MR) is 172 cm³/mol. The van der Waals surface area contributed by atoms with Crippen molar-refractivity contribution in [2.75, 3.05) is 14.2 Å². The van der Waals surface area contributed by atoms with Crippen molar-refractivity contribution in [2.45, 2.75) is 0 Å². The fraction of sp³-hybridized carbons (Fsp3) is 0.0556. The van der Waals surface area contributed by atoms with E-state index >= 15 is 0 Å². The third kappa shape index (κ3) is 4.26. The van der Waals surface area contributed by atoms with Gasteiger partial charge in [0.25, 0.3) is 0 Å². The molecule has 0 aliphatic rings. The molecule has 0 atom stereocenters. The Hall–Kier alpha value is -4.38. The van der Waals surface area contributed by atoms with Crippen LogP contribution in [0, 0.1) is 0 Å². The first-order valence-electron chi connectivity index (χ1n) is 13.2. The SMILES string of the molecule is COc1ccc(-c2sc3cc4c(-c5ccccc5)c(-c5ccc(OC)cc5)sc4cc3c2-c2ccccc2)cc1. The van der Waals surface area contributed by atoms with Crippen molar-refractivity contribution >= 4 is 42.8 Å². The molecule has 4 heteroatoms. The van der Waals surface area contributed by atoms with Gasteiger partial charge in [-0.05, 0) is 82.9 Å². The summed E-state index contributed by atoms with van der Waals surface area (Å²) in [6, 6.07) is 43.1. The van der Waals surface area contributed by atoms with Crippen LogP contribution in [-0.2, 0) is 0 Å². The van der Waals surface area contributed by atoms with Gasteiger partial charge >= 0.3 is 0 Å². The van der Waals surface area contributed by atoms with Crippen LogP contribution in [0.5, 0.6) is 11.5 Å². The number of hydrogen-bond acceptors (Lipinski definition) is 4. The van der Waals surface area contributed by atoms with Crippen LogP contribution in [0.4, 0.5) is 0 Å². The Labute approximate surface area is 241 Å². The van der Waals surface area contributed by atoms with E-state index < -0.39 is 0 Å². The van der Waals surface area contributed by atoms with Gasteiger partial charge in [-0.1, -0.05) is 60.7 Å². The highest BCUT2D eigenvalue weighted by Crippen LogP contribution is 2.51. The minimum Gasteiger partial charge on any atom is -0.497 e. The molecule has 0 N–H and O–H groups in total. The average Bonchev–Trinajstić information content (AvgIpc) is 3.59. The van der Waals surface area contributed by atoms with E-state index in [9.17, 15) is 0 Å². The molecule has 0 amide bonds. The summed E-state index contributed by atoms with van der Waals surface area (Å²) in [6.45, 7) is 0. The first-order valence-corrected chi connectivity index (χ1v) is 14.8. The molecule has 0 saturated carbocycles. The molecule has 0 spiro atoms. The highest BCUT2D eigenvalue weighted by Gasteiger charge is 2.21. The van der Waals surface area contributed by atoms with Crippen molar-refractivity contribution in [1.29, 1.82) is 0 Å². The molecule has 2 heterocycles. The van der Waals surface area contributed by atoms with E-state index in [0.717, 1.165) is 11.5 Å². The molecule has 0 saturated heterocycles. The quantitative estimate of drug-likeness (QED) is 0.204. The minimum atomic E-state index is 0.866. The molecule has 40 heavy (non-hydrogen) atoms. The van der Waals surface area contributed by atoms with E-state index in [1.807, 2.05) is 46.9 Å². The lowest BCUT2D eigenvalue weighted by Gasteiger charge is -2.07. The number of rotatable bonds is 6. The maximum atomic E-state index is 5.43. The van der Waals surface area contributed by atoms with Gasteiger partial charge in [0.15, 0.2) is 0 Å². The van der Waals surface area contributed by atoms with E-state index in [1.165, 1.54) is 63.3 Å². The zero-order chi connectivity index (χ0) is 27.1. The molecule has 2 aromatic heterocycles. The highest BCUT2D eigenvalue weighted by molar-refractivity contribution is 7.24. The average molecular weight is 555 g/mol. The minimum absolute atomic E-state index is 0.866. The van der Waals surface area contributed by atoms with Gasteiger partial charge in [0.1, 0.15) is 11.5 Å². The number of hydrogen-bond donors (Lipinski definition) is 0. The molecular formula is C36H26O2S2. The van der Waals surface area contributed by atoms with Crippen LogP contribution in [-0.4, -0.2) is 14.2 Å². The molecule has 0 radical (unpaired) electrons. The second kappa shape index (κ2) is 10.3. The van der Waals surface area contributed by atoms with Crippen molar-refractivity contribution in [3.63, 3.8) is 0 Å². The maximum Gasteiger partial charge on any atom is 0.118 e. The first-order chi connectivity index (χ1) is 19.7. The van der Waals surface area contributed by atoms with E-state index in [-0.39, 0.29) is 0 Å². The van der Waals surface area contributed by atoms with E-state index in [2.05, 4.69) is 97.1 Å². The highest BCUT2D eigenvalue weighted by atomic mass is 32.1. The van der Waals surface area contributed by atoms with Crippen LogP contribution in [0.25, 0.3) is 63.3 Å². The number of fused-ring (bicyclic) bond motifs is 2. The summed E-state index contributed by atoms with van der Waals surface area (Å²) in [5.74, 6) is 1.73. The Balaban J connectivity index is 1.51. The molecule has 7 aromatic rings. The summed E-state index contributed by atoms with van der Waals surface area (Å²) in [6.07, 6.45) is 0. The third-order valence-electron chi connectivity index (χ3n) is 7.33. The van der Waals surface area contributed by atoms with Gasteiger partial charge in [-0.3, -0.25) is 0 Å². The van der Waals surface area contributed by atoms with Gasteiger partial charge < -0.3 is 9.47 Å². The van der Waals surface area contributed by atoms with Gasteiger partial charge in [-0.15, -0.1) is 22.7 Å². The van der Waals surface area contributed by atoms with Crippen LogP contribution < -0.4 is 9.47 Å². The van der Waals surface area contributed by atoms with Crippen molar-refractivity contribution in [3.05, 3.63) is 121 Å². The van der Waals surface area contributed by atoms with Gasteiger partial charge in [0, 0.05) is 41.1 Å². The molecule has 7 rings (SSSR count). The maximum absolute atomic E-state index is 5.43. The van der Waals surface area contributed by atoms with Crippen LogP contribution in [0.1, 0.15) is 0 Å². The topological polar surface area (TPSA) is 18.5 Å². The molecule has 0 fully saturated rings. The third-order valence-corrected chi connectivity index (χ3v) is 9.73. The number of benzene rings is 5. The molecule has 5 aromatic carbocycles. The van der Waals surface area contributed by atoms with E-state index in [0.29, 0.717) is 0 Å². The molecule has 0 bridgehead atoms. The van der Waals surface area contributed by atoms with Gasteiger partial charge in [-0.25, -0.2) is 0 Å². The molecule has 0 unspecified atom stereocenters. The van der Waals surface area contributed by atoms with Crippen molar-refractivity contribution in [1.82, 2.24) is 0 Å². The summed E-state index contributed by atoms with van der Waals surface area (Å²) >= 11 is 3.72. The van der Waals surface area contributed by atoms with Crippen LogP contribution in [0.2, 0.25) is 0 Å². The normalized spacial score (nSPS) is 11.2. The second-order valence-electron chi connectivity index (χ2n) is 9.65. The van der Waals surface area contributed by atoms with Gasteiger partial charge in [0.2, 0.25) is 0 Å². The van der Waals surface area contributed by atoms with E-state index in [1.54, 1.807) is 14.2 Å². The Morgan fingerprint density at radius 1 is 0.425 bits per heavy atom. The summed E-state index contributed by atoms with van der Waals surface area (Å²) in [5.41, 5.74) is 7.43. The van der Waals surface area contributed by atoms with Gasteiger partial charge in [0.05, 0.1) is 14.2 Å². The lowest BCUT2D eigenvalue weighted by molar-refractivity contribution is 0.415. The Morgan fingerprint density at radius 2 is 0.800 bits per heavy atom. The van der Waals surface area contributed by atoms with Crippen LogP contribution >= 0.6 is 22.7 Å². The zero-order valence-electron chi connectivity index (χ0n) is 22.2. The van der Waals surface area contributed by atoms with Crippen LogP contribution in [0.15, 0.2) is 121 Å². The number of methoxy groups -OCH3 is 2. The van der Waals surface area contributed by atoms with Crippen molar-refractivity contribution in [3.8, 4) is 54.6 Å². The molecule has 0 aliphatic carbocycles. The molecule has 2 nitrogen and oxygen atoms in total. The predicted octanol–water partition coefficient (Wildman–Crippen LogP) is 10.8. The molecule has 194 valence electrons. The van der Waals surface area contributed by atoms with Crippen molar-refractivity contribution < 1.29 is 9.47 Å². The largest absolute Gasteiger partial charge is 0.497 e. The standard InChI is InChI=1S/C36H26O2S2/c1-37-27-17-13-25(14-18-27)35-33(23-9-5-3-6-10-23)29-21-32-30(22-31(29)39-35)34(24-11-7-4-8-12-24)36(40-32)26-15-19-28(38-2)20-16-26/h3-22H,1-2H3. The Morgan fingerprint density at radius 3 is 1.15 bits per heavy atom. The monoisotopic (exact) mass is 554 g/mol. The Bertz CT molecular complexity index is 1790. The number of ether oxygens (including phenoxy) is 2. The fourth-order valence-electron chi connectivity index (χ4n) is 5.36. The van der Waals surface area contributed by atoms with E-state index in [4.69, 9.17) is 9.47 Å². The van der Waals surface area contributed by atoms with Gasteiger partial charge in [-0.2, -0.15) is 0 Å². The number of thiophene rings is 2. The van der Waals surface area contributed by atoms with Crippen molar-refractivity contribution in [2.24, 2.45) is 0 Å². The molecule has 0 aliphatic heterocycles.